The Hall–Kier alpha value is 0.450. The Labute approximate surface area is 160 Å². The van der Waals surface area contributed by atoms with E-state index in [0.717, 1.165) is 24.9 Å². The number of hydrogen-bond donors (Lipinski definition) is 0. The smallest absolute Gasteiger partial charge is 1.00 e. The molecule has 0 saturated heterocycles. The van der Waals surface area contributed by atoms with E-state index in [1.54, 1.807) is 19.3 Å². The Morgan fingerprint density at radius 1 is 1.10 bits per heavy atom. The van der Waals surface area contributed by atoms with Gasteiger partial charge in [0.15, 0.2) is 0 Å². The average Bonchev–Trinajstić information content (AvgIpc) is 2.26. The number of carboxylic acid groups (broad SMARTS) is 1. The molecule has 5 nitrogen and oxygen atoms in total. The van der Waals surface area contributed by atoms with Gasteiger partial charge >= 0.3 is 37.7 Å². The van der Waals surface area contributed by atoms with Gasteiger partial charge in [0.1, 0.15) is 0 Å². The van der Waals surface area contributed by atoms with Crippen molar-refractivity contribution in [3.05, 3.63) is 0 Å². The van der Waals surface area contributed by atoms with Crippen molar-refractivity contribution in [1.82, 2.24) is 0 Å². The maximum absolute atomic E-state index is 9.03. The van der Waals surface area contributed by atoms with Crippen LogP contribution in [0.15, 0.2) is 0 Å². The first-order valence-corrected chi connectivity index (χ1v) is 7.32. The van der Waals surface area contributed by atoms with E-state index in [-0.39, 0.29) is 46.1 Å². The standard InChI is InChI=1S/C13H24N.C2H4O3.Ca.H2O.2H/c1-14(2,3)13-7-10-4-11(8-13)6-12(5-10)9-13;1-5-2(3)4;;;;/h10-12H,4-9H2,1-3H3;1H3,(H,3,4);;1H2;;/q+1;;+2;;2*-1/p-1. The van der Waals surface area contributed by atoms with Crippen LogP contribution in [0.3, 0.4) is 0 Å². The number of hydrogen-bond acceptors (Lipinski definition) is 3. The van der Waals surface area contributed by atoms with Crippen molar-refractivity contribution in [2.75, 3.05) is 28.3 Å². The molecule has 0 unspecified atom stereocenters. The summed E-state index contributed by atoms with van der Waals surface area (Å²) in [4.78, 5) is 9.03. The number of carbonyl (C=O) groups is 1. The zero-order valence-corrected chi connectivity index (χ0v) is 16.1. The summed E-state index contributed by atoms with van der Waals surface area (Å²) in [6.45, 7) is 0. The minimum atomic E-state index is -1.50. The molecule has 0 aromatic rings. The van der Waals surface area contributed by atoms with Crippen molar-refractivity contribution in [2.45, 2.75) is 44.1 Å². The molecule has 0 aliphatic heterocycles. The fourth-order valence-corrected chi connectivity index (χ4v) is 4.89. The molecule has 122 valence electrons. The van der Waals surface area contributed by atoms with Gasteiger partial charge in [-0.3, -0.25) is 0 Å². The van der Waals surface area contributed by atoms with Gasteiger partial charge in [-0.2, -0.15) is 0 Å². The Morgan fingerprint density at radius 2 is 1.38 bits per heavy atom. The number of rotatable bonds is 1. The molecular weight excluding hydrogens is 298 g/mol. The summed E-state index contributed by atoms with van der Waals surface area (Å²) in [7, 11) is 8.31. The molecule has 0 aromatic carbocycles. The Bertz CT molecular complexity index is 329. The molecule has 0 amide bonds. The number of ether oxygens (including phenoxy) is 1. The second-order valence-electron chi connectivity index (χ2n) is 7.61. The molecule has 4 saturated carbocycles. The van der Waals surface area contributed by atoms with Gasteiger partial charge in [0.05, 0.1) is 26.7 Å². The minimum Gasteiger partial charge on any atom is -1.00 e. The Kier molecular flexibility index (Phi) is 7.99. The number of carbonyl (C=O) groups excluding carboxylic acids is 1. The molecule has 6 heteroatoms. The van der Waals surface area contributed by atoms with Gasteiger partial charge in [0.25, 0.3) is 6.16 Å². The first-order valence-electron chi connectivity index (χ1n) is 7.32. The van der Waals surface area contributed by atoms with E-state index in [2.05, 4.69) is 25.9 Å². The summed E-state index contributed by atoms with van der Waals surface area (Å²) >= 11 is 0. The van der Waals surface area contributed by atoms with Crippen LogP contribution >= 0.6 is 0 Å². The van der Waals surface area contributed by atoms with Gasteiger partial charge in [0.2, 0.25) is 0 Å². The van der Waals surface area contributed by atoms with Crippen molar-refractivity contribution in [1.29, 1.82) is 0 Å². The van der Waals surface area contributed by atoms with Crippen LogP contribution in [0.5, 0.6) is 0 Å². The van der Waals surface area contributed by atoms with Gasteiger partial charge in [-0.1, -0.05) is 0 Å². The maximum atomic E-state index is 9.03. The van der Waals surface area contributed by atoms with Crippen LogP contribution in [0.4, 0.5) is 4.79 Å². The van der Waals surface area contributed by atoms with Crippen molar-refractivity contribution >= 4 is 43.9 Å². The molecule has 4 rings (SSSR count). The molecule has 4 bridgehead atoms. The second-order valence-corrected chi connectivity index (χ2v) is 7.61. The molecule has 0 radical (unpaired) electrons. The monoisotopic (exact) mass is 329 g/mol. The normalized spacial score (nSPS) is 35.7. The topological polar surface area (TPSA) is 80.9 Å². The third-order valence-electron chi connectivity index (χ3n) is 5.60. The molecule has 0 atom stereocenters. The molecule has 21 heavy (non-hydrogen) atoms. The van der Waals surface area contributed by atoms with Gasteiger partial charge in [-0.25, -0.2) is 0 Å². The van der Waals surface area contributed by atoms with Crippen molar-refractivity contribution in [2.24, 2.45) is 17.8 Å². The molecule has 4 aliphatic rings. The van der Waals surface area contributed by atoms with E-state index in [1.807, 2.05) is 0 Å². The van der Waals surface area contributed by atoms with E-state index < -0.39 is 6.16 Å². The van der Waals surface area contributed by atoms with Crippen LogP contribution in [0.2, 0.25) is 0 Å². The number of nitrogens with zero attached hydrogens (tertiary/aromatic N) is 1. The first-order chi connectivity index (χ1) is 8.75. The minimum absolute atomic E-state index is 0. The number of methoxy groups -OCH3 is 1. The SMILES string of the molecule is COC(=O)[O-].C[N+](C)(C)C12CC3CC(CC(C3)C1)C2.O.[Ca+2].[H-].[H-]. The fraction of sp³-hybridized carbons (Fsp3) is 0.933. The van der Waals surface area contributed by atoms with Crippen LogP contribution in [0, 0.1) is 17.8 Å². The van der Waals surface area contributed by atoms with Crippen molar-refractivity contribution < 1.29 is 27.5 Å². The largest absolute Gasteiger partial charge is 2.00 e. The predicted octanol–water partition coefficient (Wildman–Crippen LogP) is 0.657. The van der Waals surface area contributed by atoms with E-state index >= 15 is 0 Å². The van der Waals surface area contributed by atoms with Gasteiger partial charge in [-0.05, 0) is 37.0 Å². The Morgan fingerprint density at radius 3 is 1.57 bits per heavy atom. The summed E-state index contributed by atoms with van der Waals surface area (Å²) in [5.74, 6) is 3.29. The van der Waals surface area contributed by atoms with E-state index in [1.165, 1.54) is 23.7 Å². The van der Waals surface area contributed by atoms with E-state index in [0.29, 0.717) is 5.54 Å². The number of quaternary nitrogens is 1. The van der Waals surface area contributed by atoms with Crippen LogP contribution in [-0.4, -0.2) is 87.6 Å². The van der Waals surface area contributed by atoms with Crippen molar-refractivity contribution in [3.8, 4) is 0 Å². The van der Waals surface area contributed by atoms with Crippen LogP contribution in [0.25, 0.3) is 0 Å². The van der Waals surface area contributed by atoms with Gasteiger partial charge in [-0.15, -0.1) is 0 Å². The van der Waals surface area contributed by atoms with Crippen LogP contribution in [0.1, 0.15) is 41.4 Å². The first kappa shape index (κ1) is 21.4. The van der Waals surface area contributed by atoms with E-state index in [4.69, 9.17) is 9.90 Å². The summed E-state index contributed by atoms with van der Waals surface area (Å²) in [6.07, 6.45) is 7.80. The van der Waals surface area contributed by atoms with Crippen molar-refractivity contribution in [3.63, 3.8) is 0 Å². The molecular formula is C15H31CaNO4. The Balaban J connectivity index is -0.000000400. The molecule has 0 heterocycles. The second kappa shape index (κ2) is 7.82. The zero-order chi connectivity index (χ0) is 14.3. The third-order valence-corrected chi connectivity index (χ3v) is 5.60. The van der Waals surface area contributed by atoms with Crippen LogP contribution < -0.4 is 5.11 Å². The van der Waals surface area contributed by atoms with Crippen LogP contribution in [-0.2, 0) is 4.74 Å². The molecule has 4 aliphatic carbocycles. The molecule has 0 aromatic heterocycles. The molecule has 4 fully saturated rings. The van der Waals surface area contributed by atoms with E-state index in [9.17, 15) is 0 Å². The van der Waals surface area contributed by atoms with Gasteiger partial charge in [0, 0.05) is 26.4 Å². The summed E-state index contributed by atoms with van der Waals surface area (Å²) in [5.41, 5.74) is 0.675. The summed E-state index contributed by atoms with van der Waals surface area (Å²) in [6, 6.07) is 0. The maximum Gasteiger partial charge on any atom is 2.00 e. The molecule has 0 spiro atoms. The zero-order valence-electron chi connectivity index (χ0n) is 15.9. The van der Waals surface area contributed by atoms with Gasteiger partial charge < -0.3 is 27.5 Å². The molecule has 2 N–H and O–H groups in total. The average molecular weight is 329 g/mol. The summed E-state index contributed by atoms with van der Waals surface area (Å²) < 4.78 is 4.77. The third kappa shape index (κ3) is 4.71. The summed E-state index contributed by atoms with van der Waals surface area (Å²) in [5, 5.41) is 9.03. The predicted molar refractivity (Wildman–Crippen MR) is 82.9 cm³/mol. The fourth-order valence-electron chi connectivity index (χ4n) is 4.89. The quantitative estimate of drug-likeness (QED) is 0.402.